The number of carbonyl (C=O) groups is 2. The Kier molecular flexibility index (Phi) is 12.5. The molecule has 3 heterocycles. The van der Waals surface area contributed by atoms with Gasteiger partial charge in [-0.25, -0.2) is 4.98 Å². The third kappa shape index (κ3) is 7.65. The lowest BCUT2D eigenvalue weighted by Crippen LogP contribution is -2.70. The van der Waals surface area contributed by atoms with Crippen molar-refractivity contribution in [2.45, 2.75) is 143 Å². The zero-order chi connectivity index (χ0) is 46.0. The average molecular weight is 941 g/mol. The summed E-state index contributed by atoms with van der Waals surface area (Å²) in [5, 5.41) is 84.9. The van der Waals surface area contributed by atoms with Gasteiger partial charge < -0.3 is 50.5 Å². The monoisotopic (exact) mass is 940 g/mol. The van der Waals surface area contributed by atoms with Crippen molar-refractivity contribution in [3.8, 4) is 5.75 Å². The molecule has 6 bridgehead atoms. The van der Waals surface area contributed by atoms with Crippen molar-refractivity contribution >= 4 is 39.0 Å². The smallest absolute Gasteiger partial charge is 0.229 e. The van der Waals surface area contributed by atoms with Crippen molar-refractivity contribution in [2.24, 2.45) is 17.3 Å². The Labute approximate surface area is 392 Å². The van der Waals surface area contributed by atoms with Crippen LogP contribution in [0.4, 0.5) is 5.82 Å². The summed E-state index contributed by atoms with van der Waals surface area (Å²) in [7, 11) is 2.83. The van der Waals surface area contributed by atoms with E-state index in [0.29, 0.717) is 54.9 Å². The molecule has 352 valence electrons. The zero-order valence-electron chi connectivity index (χ0n) is 36.9. The van der Waals surface area contributed by atoms with Crippen molar-refractivity contribution in [1.29, 1.82) is 0 Å². The number of nitrogens with zero attached hydrogens (tertiary/aromatic N) is 1. The molecule has 8 N–H and O–H groups in total. The number of rotatable bonds is 7. The Morgan fingerprint density at radius 1 is 0.924 bits per heavy atom. The molecule has 0 amide bonds. The molecule has 1 aromatic heterocycles. The van der Waals surface area contributed by atoms with Crippen molar-refractivity contribution < 1.29 is 54.8 Å². The second-order valence-electron chi connectivity index (χ2n) is 19.9. The molecule has 2 saturated carbocycles. The SMILES string of the molecule is O=C1c2cccc3c2C(=O)[C@@]2(C(O)=CC(Cc4cccc(CO)c4)=C[C@H]12)[C@H](CCC1(O)CCCCC1)SSCNc1cc2c(cn1)CC[C@H]1CCC[C@]21C[C@]1(O)[C@H](O)[C@@H](CO)O[C@@H](O3)[C@@H]1O. The Morgan fingerprint density at radius 2 is 1.73 bits per heavy atom. The summed E-state index contributed by atoms with van der Waals surface area (Å²) in [5.41, 5.74) is -1.62. The average Bonchev–Trinajstić information content (AvgIpc) is 3.74. The molecular weight excluding hydrogens is 881 g/mol. The highest BCUT2D eigenvalue weighted by Crippen LogP contribution is 2.60. The van der Waals surface area contributed by atoms with Gasteiger partial charge in [-0.3, -0.25) is 9.59 Å². The third-order valence-corrected chi connectivity index (χ3v) is 18.9. The third-order valence-electron chi connectivity index (χ3n) is 16.2. The van der Waals surface area contributed by atoms with E-state index in [1.807, 2.05) is 36.5 Å². The van der Waals surface area contributed by atoms with E-state index in [9.17, 15) is 35.7 Å². The molecular formula is C51H60N2O11S2. The van der Waals surface area contributed by atoms with Crippen molar-refractivity contribution in [3.63, 3.8) is 0 Å². The lowest BCUT2D eigenvalue weighted by molar-refractivity contribution is -0.319. The summed E-state index contributed by atoms with van der Waals surface area (Å²) >= 11 is 0. The molecule has 3 fully saturated rings. The molecule has 1 saturated heterocycles. The summed E-state index contributed by atoms with van der Waals surface area (Å²) in [6.07, 6.45) is 7.47. The highest BCUT2D eigenvalue weighted by Gasteiger charge is 2.64. The van der Waals surface area contributed by atoms with Crippen LogP contribution in [0.5, 0.6) is 5.75 Å². The summed E-state index contributed by atoms with van der Waals surface area (Å²) < 4.78 is 12.6. The van der Waals surface area contributed by atoms with Crippen LogP contribution in [0.25, 0.3) is 0 Å². The standard InChI is InChI=1S/C51H60N2O11S2/c54-25-30-8-4-7-29(19-30)20-31-21-36-43(57)34-10-5-11-37-42(34)45(59)51(36,39(56)22-31)40(14-18-48(61)15-2-1-3-16-48)66-65-28-53-41-23-35-32(24-52-41)12-13-33-9-6-17-49(33,35)27-50(62)44(58)38(26-55)64-47(63-37)46(50)60/h4-5,7-8,10-11,19,21-24,33,36,38,40,44,46-47,54-56,58,60-62H,1-3,6,9,12-18,20,25-28H2,(H,52,53)/t33-,36-,38-,40+,44-,46+,47-,49-,50+,51+/m1/s1. The van der Waals surface area contributed by atoms with Gasteiger partial charge in [0.25, 0.3) is 0 Å². The van der Waals surface area contributed by atoms with E-state index < -0.39 is 76.0 Å². The Balaban J connectivity index is 1.13. The van der Waals surface area contributed by atoms with E-state index in [-0.39, 0.29) is 48.0 Å². The van der Waals surface area contributed by atoms with Gasteiger partial charge in [-0.1, -0.05) is 89.7 Å². The Morgan fingerprint density at radius 3 is 2.53 bits per heavy atom. The number of aliphatic hydroxyl groups excluding tert-OH is 5. The van der Waals surface area contributed by atoms with Gasteiger partial charge in [0.2, 0.25) is 6.29 Å². The molecule has 2 aliphatic heterocycles. The van der Waals surface area contributed by atoms with Crippen LogP contribution in [0.1, 0.15) is 120 Å². The highest BCUT2D eigenvalue weighted by atomic mass is 33.1. The number of benzene rings is 2. The highest BCUT2D eigenvalue weighted by molar-refractivity contribution is 8.77. The largest absolute Gasteiger partial charge is 0.511 e. The molecule has 7 aliphatic rings. The molecule has 2 spiro atoms. The number of ketones is 2. The second kappa shape index (κ2) is 18.0. The van der Waals surface area contributed by atoms with Crippen LogP contribution in [0.2, 0.25) is 0 Å². The molecule has 0 unspecified atom stereocenters. The fourth-order valence-electron chi connectivity index (χ4n) is 12.9. The molecule has 0 radical (unpaired) electrons. The zero-order valence-corrected chi connectivity index (χ0v) is 38.6. The molecule has 10 rings (SSSR count). The minimum atomic E-state index is -2.25. The van der Waals surface area contributed by atoms with Crippen LogP contribution in [0.15, 0.2) is 78.2 Å². The van der Waals surface area contributed by atoms with E-state index in [1.165, 1.54) is 27.7 Å². The lowest BCUT2D eigenvalue weighted by Gasteiger charge is -2.53. The van der Waals surface area contributed by atoms with Gasteiger partial charge in [-0.05, 0) is 116 Å². The van der Waals surface area contributed by atoms with Crippen molar-refractivity contribution in [3.05, 3.63) is 112 Å². The van der Waals surface area contributed by atoms with Gasteiger partial charge in [-0.2, -0.15) is 0 Å². The van der Waals surface area contributed by atoms with E-state index in [0.717, 1.165) is 61.6 Å². The summed E-state index contributed by atoms with van der Waals surface area (Å²) in [5.74, 6) is -1.53. The van der Waals surface area contributed by atoms with Gasteiger partial charge in [-0.15, -0.1) is 0 Å². The molecule has 13 nitrogen and oxygen atoms in total. The summed E-state index contributed by atoms with van der Waals surface area (Å²) in [6.45, 7) is -0.865. The molecule has 10 atom stereocenters. The maximum Gasteiger partial charge on any atom is 0.229 e. The first-order chi connectivity index (χ1) is 31.8. The Bertz CT molecular complexity index is 2440. The lowest BCUT2D eigenvalue weighted by atomic mass is 9.56. The first kappa shape index (κ1) is 46.0. The molecule has 5 aliphatic carbocycles. The maximum atomic E-state index is 16.0. The number of hydrogen-bond donors (Lipinski definition) is 8. The normalized spacial score (nSPS) is 34.9. The number of carbonyl (C=O) groups excluding carboxylic acids is 2. The van der Waals surface area contributed by atoms with E-state index in [1.54, 1.807) is 24.3 Å². The minimum absolute atomic E-state index is 0.0513. The van der Waals surface area contributed by atoms with Gasteiger partial charge >= 0.3 is 0 Å². The first-order valence-electron chi connectivity index (χ1n) is 23.6. The number of ether oxygens (including phenoxy) is 2. The van der Waals surface area contributed by atoms with Gasteiger partial charge in [0, 0.05) is 22.4 Å². The van der Waals surface area contributed by atoms with Crippen LogP contribution in [-0.2, 0) is 29.6 Å². The number of pyridine rings is 1. The number of hydrogen-bond acceptors (Lipinski definition) is 15. The molecule has 2 aromatic carbocycles. The second-order valence-corrected chi connectivity index (χ2v) is 22.5. The number of anilines is 1. The minimum Gasteiger partial charge on any atom is -0.511 e. The van der Waals surface area contributed by atoms with E-state index in [2.05, 4.69) is 5.32 Å². The van der Waals surface area contributed by atoms with Crippen molar-refractivity contribution in [2.75, 3.05) is 17.8 Å². The molecule has 3 aromatic rings. The first-order valence-corrected chi connectivity index (χ1v) is 26.0. The fourth-order valence-corrected chi connectivity index (χ4v) is 15.7. The number of fused-ring (bicyclic) bond motifs is 3. The van der Waals surface area contributed by atoms with Crippen LogP contribution in [0.3, 0.4) is 0 Å². The quantitative estimate of drug-likeness (QED) is 0.120. The number of aromatic nitrogens is 1. The topological polar surface area (TPSA) is 219 Å². The molecule has 15 heteroatoms. The van der Waals surface area contributed by atoms with E-state index in [4.69, 9.17) is 14.5 Å². The number of nitrogens with one attached hydrogen (secondary N) is 1. The predicted molar refractivity (Wildman–Crippen MR) is 250 cm³/mol. The molecule has 66 heavy (non-hydrogen) atoms. The van der Waals surface area contributed by atoms with Crippen LogP contribution in [-0.4, -0.2) is 106 Å². The number of aryl methyl sites for hydroxylation is 1. The Hall–Kier alpha value is -3.77. The van der Waals surface area contributed by atoms with Gasteiger partial charge in [0.15, 0.2) is 11.6 Å². The maximum absolute atomic E-state index is 16.0. The van der Waals surface area contributed by atoms with Crippen LogP contribution < -0.4 is 10.1 Å². The van der Waals surface area contributed by atoms with Gasteiger partial charge in [0.1, 0.15) is 46.7 Å². The van der Waals surface area contributed by atoms with Crippen LogP contribution in [0, 0.1) is 17.3 Å². The number of Topliss-reactive ketones (excluding diaryl/α,β-unsaturated/α-hetero) is 2. The summed E-state index contributed by atoms with van der Waals surface area (Å²) in [6, 6.07) is 14.0. The van der Waals surface area contributed by atoms with Crippen LogP contribution >= 0.6 is 21.6 Å². The number of allylic oxidation sites excluding steroid dienone is 4. The van der Waals surface area contributed by atoms with Gasteiger partial charge in [0.05, 0.1) is 36.2 Å². The fraction of sp³-hybridized carbons (Fsp3) is 0.549. The van der Waals surface area contributed by atoms with Crippen molar-refractivity contribution in [1.82, 2.24) is 4.98 Å². The summed E-state index contributed by atoms with van der Waals surface area (Å²) in [4.78, 5) is 36.2. The number of aliphatic hydroxyl groups is 7. The van der Waals surface area contributed by atoms with E-state index >= 15 is 9.59 Å². The predicted octanol–water partition coefficient (Wildman–Crippen LogP) is 6.41.